The summed E-state index contributed by atoms with van der Waals surface area (Å²) in [4.78, 5) is 16.5. The van der Waals surface area contributed by atoms with Gasteiger partial charge in [-0.15, -0.1) is 24.8 Å². The molecule has 1 amide bonds. The number of hydrogen-bond acceptors (Lipinski definition) is 4. The van der Waals surface area contributed by atoms with Gasteiger partial charge in [0.25, 0.3) is 0 Å². The maximum Gasteiger partial charge on any atom is 0.242 e. The van der Waals surface area contributed by atoms with Crippen LogP contribution in [-0.4, -0.2) is 47.6 Å². The number of phenols is 1. The summed E-state index contributed by atoms with van der Waals surface area (Å²) < 4.78 is 0. The van der Waals surface area contributed by atoms with Gasteiger partial charge in [0.15, 0.2) is 0 Å². The molecule has 0 atom stereocenters. The van der Waals surface area contributed by atoms with Gasteiger partial charge >= 0.3 is 0 Å². The predicted molar refractivity (Wildman–Crippen MR) is 92.2 cm³/mol. The Morgan fingerprint density at radius 3 is 2.05 bits per heavy atom. The Morgan fingerprint density at radius 1 is 1.05 bits per heavy atom. The summed E-state index contributed by atoms with van der Waals surface area (Å²) >= 11 is 0. The van der Waals surface area contributed by atoms with E-state index < -0.39 is 5.54 Å². The third-order valence-corrected chi connectivity index (χ3v) is 4.45. The number of anilines is 1. The van der Waals surface area contributed by atoms with Crippen LogP contribution in [0.15, 0.2) is 24.3 Å². The molecule has 1 saturated heterocycles. The fourth-order valence-corrected chi connectivity index (χ4v) is 2.92. The number of phenolic OH excluding ortho intramolecular Hbond substituents is 1. The van der Waals surface area contributed by atoms with Crippen molar-refractivity contribution in [3.63, 3.8) is 0 Å². The van der Waals surface area contributed by atoms with Gasteiger partial charge in [0.2, 0.25) is 5.91 Å². The highest BCUT2D eigenvalue weighted by atomic mass is 35.5. The quantitative estimate of drug-likeness (QED) is 0.855. The molecule has 124 valence electrons. The predicted octanol–water partition coefficient (Wildman–Crippen LogP) is 1.77. The molecule has 1 saturated carbocycles. The molecule has 1 aliphatic carbocycles. The lowest BCUT2D eigenvalue weighted by atomic mass is 9.76. The number of halogens is 2. The van der Waals surface area contributed by atoms with E-state index in [0.717, 1.165) is 51.1 Å². The molecule has 0 bridgehead atoms. The molecule has 0 unspecified atom stereocenters. The third kappa shape index (κ3) is 3.59. The van der Waals surface area contributed by atoms with Crippen LogP contribution in [0.2, 0.25) is 0 Å². The van der Waals surface area contributed by atoms with E-state index in [2.05, 4.69) is 4.90 Å². The molecule has 3 N–H and O–H groups in total. The van der Waals surface area contributed by atoms with Crippen molar-refractivity contribution in [2.24, 2.45) is 5.73 Å². The summed E-state index contributed by atoms with van der Waals surface area (Å²) in [6.45, 7) is 3.07. The molecule has 0 radical (unpaired) electrons. The van der Waals surface area contributed by atoms with Crippen LogP contribution in [0.4, 0.5) is 5.69 Å². The molecule has 2 aliphatic rings. The lowest BCUT2D eigenvalue weighted by molar-refractivity contribution is -0.140. The van der Waals surface area contributed by atoms with Crippen molar-refractivity contribution in [1.29, 1.82) is 0 Å². The molecule has 5 nitrogen and oxygen atoms in total. The zero-order valence-electron chi connectivity index (χ0n) is 12.4. The van der Waals surface area contributed by atoms with E-state index in [1.54, 1.807) is 12.1 Å². The number of carbonyl (C=O) groups excluding carboxylic acids is 1. The zero-order chi connectivity index (χ0) is 14.2. The molecule has 7 heteroatoms. The summed E-state index contributed by atoms with van der Waals surface area (Å²) in [6, 6.07) is 7.19. The Hall–Kier alpha value is -1.17. The van der Waals surface area contributed by atoms with E-state index in [0.29, 0.717) is 0 Å². The normalized spacial score (nSPS) is 19.5. The van der Waals surface area contributed by atoms with E-state index in [4.69, 9.17) is 5.73 Å². The van der Waals surface area contributed by atoms with Crippen molar-refractivity contribution in [3.05, 3.63) is 24.3 Å². The van der Waals surface area contributed by atoms with Gasteiger partial charge in [0, 0.05) is 31.9 Å². The second kappa shape index (κ2) is 7.40. The minimum absolute atomic E-state index is 0. The molecule has 1 aromatic carbocycles. The van der Waals surface area contributed by atoms with Crippen molar-refractivity contribution in [3.8, 4) is 5.75 Å². The van der Waals surface area contributed by atoms with Crippen LogP contribution in [0.3, 0.4) is 0 Å². The van der Waals surface area contributed by atoms with Gasteiger partial charge in [-0.3, -0.25) is 4.79 Å². The number of rotatable bonds is 2. The van der Waals surface area contributed by atoms with Crippen LogP contribution in [0.25, 0.3) is 0 Å². The molecule has 0 spiro atoms. The Bertz CT molecular complexity index is 498. The maximum atomic E-state index is 12.3. The standard InChI is InChI=1S/C15H21N3O2.2ClH/c16-15(6-1-7-15)14(20)18-10-8-17(9-11-18)12-2-4-13(19)5-3-12;;/h2-5,19H,1,6-11,16H2;2*1H. The lowest BCUT2D eigenvalue weighted by Crippen LogP contribution is -2.62. The van der Waals surface area contributed by atoms with E-state index >= 15 is 0 Å². The number of nitrogens with two attached hydrogens (primary N) is 1. The van der Waals surface area contributed by atoms with E-state index in [1.165, 1.54) is 0 Å². The van der Waals surface area contributed by atoms with Crippen LogP contribution in [0.1, 0.15) is 19.3 Å². The van der Waals surface area contributed by atoms with Gasteiger partial charge in [0.05, 0.1) is 5.54 Å². The fourth-order valence-electron chi connectivity index (χ4n) is 2.92. The molecule has 3 rings (SSSR count). The fraction of sp³-hybridized carbons (Fsp3) is 0.533. The van der Waals surface area contributed by atoms with E-state index in [1.807, 2.05) is 17.0 Å². The first kappa shape index (κ1) is 18.9. The largest absolute Gasteiger partial charge is 0.508 e. The highest BCUT2D eigenvalue weighted by molar-refractivity contribution is 5.87. The lowest BCUT2D eigenvalue weighted by Gasteiger charge is -2.43. The summed E-state index contributed by atoms with van der Waals surface area (Å²) in [6.07, 6.45) is 2.71. The molecule has 0 aromatic heterocycles. The molecular weight excluding hydrogens is 325 g/mol. The Morgan fingerprint density at radius 2 is 1.59 bits per heavy atom. The van der Waals surface area contributed by atoms with Gasteiger partial charge in [-0.2, -0.15) is 0 Å². The number of amides is 1. The van der Waals surface area contributed by atoms with Crippen molar-refractivity contribution < 1.29 is 9.90 Å². The first-order valence-electron chi connectivity index (χ1n) is 7.21. The second-order valence-corrected chi connectivity index (χ2v) is 5.81. The summed E-state index contributed by atoms with van der Waals surface area (Å²) in [7, 11) is 0. The SMILES string of the molecule is Cl.Cl.NC1(C(=O)N2CCN(c3ccc(O)cc3)CC2)CCC1. The van der Waals surface area contributed by atoms with Gasteiger partial charge in [-0.1, -0.05) is 0 Å². The van der Waals surface area contributed by atoms with Crippen LogP contribution >= 0.6 is 24.8 Å². The minimum Gasteiger partial charge on any atom is -0.508 e. The second-order valence-electron chi connectivity index (χ2n) is 5.81. The smallest absolute Gasteiger partial charge is 0.242 e. The van der Waals surface area contributed by atoms with Crippen molar-refractivity contribution in [2.45, 2.75) is 24.8 Å². The number of hydrogen-bond donors (Lipinski definition) is 2. The molecular formula is C15H23Cl2N3O2. The van der Waals surface area contributed by atoms with Crippen molar-refractivity contribution >= 4 is 36.4 Å². The summed E-state index contributed by atoms with van der Waals surface area (Å²) in [5.74, 6) is 0.395. The third-order valence-electron chi connectivity index (χ3n) is 4.45. The molecule has 1 heterocycles. The summed E-state index contributed by atoms with van der Waals surface area (Å²) in [5, 5.41) is 9.31. The number of aromatic hydroxyl groups is 1. The van der Waals surface area contributed by atoms with Crippen molar-refractivity contribution in [1.82, 2.24) is 4.90 Å². The summed E-state index contributed by atoms with van der Waals surface area (Å²) in [5.41, 5.74) is 6.61. The highest BCUT2D eigenvalue weighted by Gasteiger charge is 2.43. The first-order valence-corrected chi connectivity index (χ1v) is 7.21. The number of carbonyl (C=O) groups is 1. The number of piperazine rings is 1. The van der Waals surface area contributed by atoms with E-state index in [-0.39, 0.29) is 36.5 Å². The molecule has 2 fully saturated rings. The van der Waals surface area contributed by atoms with Gasteiger partial charge in [-0.05, 0) is 43.5 Å². The topological polar surface area (TPSA) is 69.8 Å². The highest BCUT2D eigenvalue weighted by Crippen LogP contribution is 2.31. The number of benzene rings is 1. The Kier molecular flexibility index (Phi) is 6.35. The Labute approximate surface area is 143 Å². The minimum atomic E-state index is -0.583. The van der Waals surface area contributed by atoms with Gasteiger partial charge in [0.1, 0.15) is 5.75 Å². The van der Waals surface area contributed by atoms with Gasteiger partial charge in [-0.25, -0.2) is 0 Å². The zero-order valence-corrected chi connectivity index (χ0v) is 14.0. The van der Waals surface area contributed by atoms with E-state index in [9.17, 15) is 9.90 Å². The average molecular weight is 348 g/mol. The molecule has 22 heavy (non-hydrogen) atoms. The first-order chi connectivity index (χ1) is 9.58. The molecule has 1 aromatic rings. The van der Waals surface area contributed by atoms with Crippen LogP contribution in [-0.2, 0) is 4.79 Å². The Balaban J connectivity index is 0.00000121. The monoisotopic (exact) mass is 347 g/mol. The number of nitrogens with zero attached hydrogens (tertiary/aromatic N) is 2. The molecule has 1 aliphatic heterocycles. The van der Waals surface area contributed by atoms with Gasteiger partial charge < -0.3 is 20.6 Å². The van der Waals surface area contributed by atoms with Crippen molar-refractivity contribution in [2.75, 3.05) is 31.1 Å². The van der Waals surface area contributed by atoms with Crippen LogP contribution in [0, 0.1) is 0 Å². The van der Waals surface area contributed by atoms with Crippen LogP contribution < -0.4 is 10.6 Å². The maximum absolute atomic E-state index is 12.3. The van der Waals surface area contributed by atoms with Crippen LogP contribution in [0.5, 0.6) is 5.75 Å². The average Bonchev–Trinajstić information content (AvgIpc) is 2.45.